The molecule has 5 rings (SSSR count). The second kappa shape index (κ2) is 10.6. The second-order valence-corrected chi connectivity index (χ2v) is 12.1. The maximum absolute atomic E-state index is 3.74. The van der Waals surface area contributed by atoms with E-state index in [0.717, 1.165) is 32.4 Å². The zero-order chi connectivity index (χ0) is 27.0. The molecular weight excluding hydrogens is 464 g/mol. The van der Waals surface area contributed by atoms with Gasteiger partial charge in [0.15, 0.2) is 0 Å². The van der Waals surface area contributed by atoms with Crippen LogP contribution >= 0.6 is 0 Å². The fourth-order valence-electron chi connectivity index (χ4n) is 6.41. The minimum Gasteiger partial charge on any atom is -0.355 e. The van der Waals surface area contributed by atoms with Gasteiger partial charge in [-0.3, -0.25) is 0 Å². The van der Waals surface area contributed by atoms with Crippen LogP contribution in [0.15, 0.2) is 66.3 Å². The molecule has 4 nitrogen and oxygen atoms in total. The average molecular weight is 509 g/mol. The van der Waals surface area contributed by atoms with Gasteiger partial charge in [-0.25, -0.2) is 0 Å². The van der Waals surface area contributed by atoms with Crippen LogP contribution < -0.4 is 0 Å². The Kier molecular flexibility index (Phi) is 7.39. The topological polar surface area (TPSA) is 27.2 Å². The molecule has 2 atom stereocenters. The molecule has 0 radical (unpaired) electrons. The van der Waals surface area contributed by atoms with Gasteiger partial charge in [-0.15, -0.1) is 0 Å². The third-order valence-electron chi connectivity index (χ3n) is 8.12. The van der Waals surface area contributed by atoms with Crippen LogP contribution in [0.25, 0.3) is 27.9 Å². The van der Waals surface area contributed by atoms with Crippen molar-refractivity contribution in [3.05, 3.63) is 88.8 Å². The third kappa shape index (κ3) is 5.00. The molecule has 0 bridgehead atoms. The highest BCUT2D eigenvalue weighted by molar-refractivity contribution is 5.88. The van der Waals surface area contributed by atoms with Crippen LogP contribution in [0.5, 0.6) is 0 Å². The molecule has 1 aliphatic rings. The number of para-hydroxylation sites is 2. The molecule has 0 spiro atoms. The van der Waals surface area contributed by atoms with E-state index in [-0.39, 0.29) is 5.54 Å². The van der Waals surface area contributed by atoms with E-state index in [4.69, 9.17) is 0 Å². The summed E-state index contributed by atoms with van der Waals surface area (Å²) in [7, 11) is 8.65. The van der Waals surface area contributed by atoms with E-state index >= 15 is 0 Å². The molecule has 0 fully saturated rings. The zero-order valence-electron chi connectivity index (χ0n) is 24.3. The number of likely N-dealkylation sites (N-methyl/N-ethyl adjacent to an activating group) is 2. The van der Waals surface area contributed by atoms with E-state index in [1.54, 1.807) is 0 Å². The number of nitrogens with zero attached hydrogens (tertiary/aromatic N) is 3. The predicted octanol–water partition coefficient (Wildman–Crippen LogP) is 7.21. The Bertz CT molecular complexity index is 1490. The molecule has 38 heavy (non-hydrogen) atoms. The number of aromatic nitrogens is 2. The molecule has 0 aliphatic carbocycles. The van der Waals surface area contributed by atoms with Crippen LogP contribution in [0.1, 0.15) is 55.6 Å². The van der Waals surface area contributed by atoms with E-state index in [2.05, 4.69) is 135 Å². The first-order valence-corrected chi connectivity index (χ1v) is 14.0. The molecule has 1 N–H and O–H groups in total. The third-order valence-corrected chi connectivity index (χ3v) is 8.12. The number of hydrogen-bond acceptors (Lipinski definition) is 2. The number of aromatic amines is 1. The largest absolute Gasteiger partial charge is 0.355 e. The van der Waals surface area contributed by atoms with Crippen molar-refractivity contribution in [1.29, 1.82) is 0 Å². The van der Waals surface area contributed by atoms with Gasteiger partial charge in [0.05, 0.1) is 5.54 Å². The summed E-state index contributed by atoms with van der Waals surface area (Å²) in [6.45, 7) is 8.98. The SMILES string of the molecule is CC(C)=C[C@H]1C[C@](C)(/C=C/c2[nH]c3ccccc3c2CCN(C)C)n2c1c(CCN(C)C)c1ccccc12. The zero-order valence-corrected chi connectivity index (χ0v) is 24.3. The summed E-state index contributed by atoms with van der Waals surface area (Å²) in [6.07, 6.45) is 10.5. The molecule has 4 aromatic rings. The van der Waals surface area contributed by atoms with Crippen molar-refractivity contribution in [2.75, 3.05) is 41.3 Å². The van der Waals surface area contributed by atoms with Crippen molar-refractivity contribution in [2.24, 2.45) is 0 Å². The minimum absolute atomic E-state index is 0.113. The van der Waals surface area contributed by atoms with Crippen LogP contribution in [0, 0.1) is 0 Å². The number of H-pyrrole nitrogens is 1. The lowest BCUT2D eigenvalue weighted by molar-refractivity contribution is 0.413. The summed E-state index contributed by atoms with van der Waals surface area (Å²) in [5, 5.41) is 2.75. The Hall–Kier alpha value is -3.08. The maximum atomic E-state index is 3.74. The van der Waals surface area contributed by atoms with Crippen LogP contribution in [0.3, 0.4) is 0 Å². The van der Waals surface area contributed by atoms with Gasteiger partial charge in [0.2, 0.25) is 0 Å². The van der Waals surface area contributed by atoms with Crippen LogP contribution in [-0.4, -0.2) is 60.6 Å². The predicted molar refractivity (Wildman–Crippen MR) is 164 cm³/mol. The van der Waals surface area contributed by atoms with Crippen molar-refractivity contribution in [2.45, 2.75) is 51.5 Å². The quantitative estimate of drug-likeness (QED) is 0.242. The van der Waals surface area contributed by atoms with E-state index in [0.29, 0.717) is 5.92 Å². The molecule has 0 unspecified atom stereocenters. The molecular formula is C34H44N4. The van der Waals surface area contributed by atoms with Gasteiger partial charge in [0.25, 0.3) is 0 Å². The van der Waals surface area contributed by atoms with Gasteiger partial charge in [-0.2, -0.15) is 0 Å². The van der Waals surface area contributed by atoms with Gasteiger partial charge < -0.3 is 19.4 Å². The Labute approximate surface area is 228 Å². The lowest BCUT2D eigenvalue weighted by Crippen LogP contribution is -2.23. The molecule has 1 aliphatic heterocycles. The number of rotatable bonds is 9. The average Bonchev–Trinajstić information content (AvgIpc) is 3.48. The van der Waals surface area contributed by atoms with Gasteiger partial charge in [-0.1, -0.05) is 54.1 Å². The van der Waals surface area contributed by atoms with Crippen molar-refractivity contribution in [3.8, 4) is 0 Å². The van der Waals surface area contributed by atoms with E-state index in [1.807, 2.05) is 0 Å². The lowest BCUT2D eigenvalue weighted by Gasteiger charge is -2.25. The fraction of sp³-hybridized carbons (Fsp3) is 0.412. The molecule has 0 saturated carbocycles. The van der Waals surface area contributed by atoms with E-state index in [9.17, 15) is 0 Å². The summed E-state index contributed by atoms with van der Waals surface area (Å²) >= 11 is 0. The summed E-state index contributed by atoms with van der Waals surface area (Å²) in [5.41, 5.74) is 9.54. The summed E-state index contributed by atoms with van der Waals surface area (Å²) in [6, 6.07) is 17.8. The smallest absolute Gasteiger partial charge is 0.0616 e. The first-order chi connectivity index (χ1) is 18.2. The molecule has 200 valence electrons. The summed E-state index contributed by atoms with van der Waals surface area (Å²) in [5.74, 6) is 0.412. The van der Waals surface area contributed by atoms with Crippen LogP contribution in [0.2, 0.25) is 0 Å². The molecule has 0 amide bonds. The molecule has 2 aromatic heterocycles. The Morgan fingerprint density at radius 1 is 0.921 bits per heavy atom. The van der Waals surface area contributed by atoms with Crippen LogP contribution in [-0.2, 0) is 18.4 Å². The Morgan fingerprint density at radius 2 is 1.55 bits per heavy atom. The summed E-state index contributed by atoms with van der Waals surface area (Å²) < 4.78 is 2.66. The van der Waals surface area contributed by atoms with E-state index in [1.165, 1.54) is 49.9 Å². The van der Waals surface area contributed by atoms with Crippen molar-refractivity contribution < 1.29 is 0 Å². The second-order valence-electron chi connectivity index (χ2n) is 12.1. The lowest BCUT2D eigenvalue weighted by atomic mass is 9.88. The maximum Gasteiger partial charge on any atom is 0.0616 e. The number of nitrogens with one attached hydrogen (secondary N) is 1. The van der Waals surface area contributed by atoms with Gasteiger partial charge in [-0.05, 0) is 97.6 Å². The van der Waals surface area contributed by atoms with Crippen molar-refractivity contribution in [1.82, 2.24) is 19.4 Å². The van der Waals surface area contributed by atoms with Gasteiger partial charge >= 0.3 is 0 Å². The monoisotopic (exact) mass is 508 g/mol. The molecule has 0 saturated heterocycles. The number of allylic oxidation sites excluding steroid dienone is 3. The highest BCUT2D eigenvalue weighted by atomic mass is 15.1. The molecule has 3 heterocycles. The highest BCUT2D eigenvalue weighted by Gasteiger charge is 2.41. The number of fused-ring (bicyclic) bond motifs is 4. The Morgan fingerprint density at radius 3 is 2.24 bits per heavy atom. The number of benzene rings is 2. The van der Waals surface area contributed by atoms with Crippen LogP contribution in [0.4, 0.5) is 0 Å². The minimum atomic E-state index is -0.113. The van der Waals surface area contributed by atoms with E-state index < -0.39 is 0 Å². The Balaban J connectivity index is 1.64. The molecule has 4 heteroatoms. The first kappa shape index (κ1) is 26.5. The van der Waals surface area contributed by atoms with Gasteiger partial charge in [0, 0.05) is 52.2 Å². The van der Waals surface area contributed by atoms with Crippen molar-refractivity contribution in [3.63, 3.8) is 0 Å². The molecule has 2 aromatic carbocycles. The van der Waals surface area contributed by atoms with Crippen molar-refractivity contribution >= 4 is 27.9 Å². The standard InChI is InChI=1S/C34H44N4/c1-24(2)22-25-23-34(3,38-32-15-11-9-13-28(32)29(33(25)38)18-21-37(6)7)19-16-31-27(17-20-36(4)5)26-12-8-10-14-30(26)35-31/h8-16,19,22,25,35H,17-18,20-21,23H2,1-7H3/b19-16+/t25-,34-/m0/s1. The normalized spacial score (nSPS) is 19.4. The highest BCUT2D eigenvalue weighted by Crippen LogP contribution is 2.49. The summed E-state index contributed by atoms with van der Waals surface area (Å²) in [4.78, 5) is 8.31. The van der Waals surface area contributed by atoms with Gasteiger partial charge in [0.1, 0.15) is 0 Å². The number of hydrogen-bond donors (Lipinski definition) is 1. The first-order valence-electron chi connectivity index (χ1n) is 14.0. The fourth-order valence-corrected chi connectivity index (χ4v) is 6.41.